The second-order valence-corrected chi connectivity index (χ2v) is 9.03. The number of aromatic nitrogens is 3. The molecule has 0 saturated heterocycles. The molecule has 174 valence electrons. The van der Waals surface area contributed by atoms with Gasteiger partial charge in [0.2, 0.25) is 5.91 Å². The number of carbonyl (C=O) groups excluding carboxylic acids is 2. The number of ether oxygens (including phenoxy) is 1. The van der Waals surface area contributed by atoms with Crippen LogP contribution in [0.25, 0.3) is 0 Å². The van der Waals surface area contributed by atoms with Crippen LogP contribution in [-0.2, 0) is 17.9 Å². The molecule has 0 aliphatic heterocycles. The average Bonchev–Trinajstić information content (AvgIpc) is 3.23. The highest BCUT2D eigenvalue weighted by Gasteiger charge is 2.15. The predicted octanol–water partition coefficient (Wildman–Crippen LogP) is 4.35. The van der Waals surface area contributed by atoms with Gasteiger partial charge in [-0.15, -0.1) is 10.2 Å². The average molecular weight is 532 g/mol. The van der Waals surface area contributed by atoms with Gasteiger partial charge in [0.15, 0.2) is 11.0 Å². The Morgan fingerprint density at radius 2 is 1.82 bits per heavy atom. The molecule has 0 spiro atoms. The molecule has 3 rings (SSSR count). The zero-order chi connectivity index (χ0) is 24.0. The van der Waals surface area contributed by atoms with E-state index in [0.717, 1.165) is 21.3 Å². The first-order valence-electron chi connectivity index (χ1n) is 10.4. The maximum atomic E-state index is 12.5. The maximum Gasteiger partial charge on any atom is 0.251 e. The topological polar surface area (TPSA) is 98.1 Å². The van der Waals surface area contributed by atoms with Crippen molar-refractivity contribution >= 4 is 45.2 Å². The number of rotatable bonds is 9. The summed E-state index contributed by atoms with van der Waals surface area (Å²) in [5.41, 5.74) is 3.44. The Labute approximate surface area is 205 Å². The van der Waals surface area contributed by atoms with Gasteiger partial charge in [0.1, 0.15) is 5.75 Å². The molecular weight excluding hydrogens is 506 g/mol. The summed E-state index contributed by atoms with van der Waals surface area (Å²) in [6.45, 7) is 6.80. The fourth-order valence-electron chi connectivity index (χ4n) is 3.12. The predicted molar refractivity (Wildman–Crippen MR) is 133 cm³/mol. The summed E-state index contributed by atoms with van der Waals surface area (Å²) in [5, 5.41) is 14.8. The molecule has 2 N–H and O–H groups in total. The normalized spacial score (nSPS) is 10.7. The lowest BCUT2D eigenvalue weighted by molar-refractivity contribution is -0.113. The van der Waals surface area contributed by atoms with E-state index in [9.17, 15) is 9.59 Å². The summed E-state index contributed by atoms with van der Waals surface area (Å²) in [7, 11) is 1.58. The molecule has 2 aromatic carbocycles. The number of hydrogen-bond donors (Lipinski definition) is 2. The number of benzene rings is 2. The lowest BCUT2D eigenvalue weighted by Crippen LogP contribution is -2.24. The number of thioether (sulfide) groups is 1. The van der Waals surface area contributed by atoms with E-state index in [4.69, 9.17) is 4.74 Å². The zero-order valence-corrected chi connectivity index (χ0v) is 21.3. The first kappa shape index (κ1) is 24.8. The number of methoxy groups -OCH3 is 1. The molecule has 0 atom stereocenters. The van der Waals surface area contributed by atoms with Crippen LogP contribution in [0.5, 0.6) is 5.75 Å². The van der Waals surface area contributed by atoms with Gasteiger partial charge in [-0.05, 0) is 68.3 Å². The summed E-state index contributed by atoms with van der Waals surface area (Å²) in [4.78, 5) is 24.9. The number of nitrogens with zero attached hydrogens (tertiary/aromatic N) is 3. The molecule has 0 saturated carbocycles. The fourth-order valence-corrected chi connectivity index (χ4v) is 4.37. The fraction of sp³-hybridized carbons (Fsp3) is 0.304. The van der Waals surface area contributed by atoms with Gasteiger partial charge in [0.25, 0.3) is 5.91 Å². The van der Waals surface area contributed by atoms with Gasteiger partial charge in [-0.1, -0.05) is 27.7 Å². The van der Waals surface area contributed by atoms with Crippen LogP contribution in [-0.4, -0.2) is 39.4 Å². The molecular formula is C23H26BrN5O3S. The third-order valence-corrected chi connectivity index (χ3v) is 7.02. The van der Waals surface area contributed by atoms with E-state index >= 15 is 0 Å². The largest absolute Gasteiger partial charge is 0.497 e. The van der Waals surface area contributed by atoms with Gasteiger partial charge in [-0.25, -0.2) is 0 Å². The van der Waals surface area contributed by atoms with Crippen LogP contribution in [0, 0.1) is 13.8 Å². The van der Waals surface area contributed by atoms with Gasteiger partial charge in [-0.3, -0.25) is 9.59 Å². The summed E-state index contributed by atoms with van der Waals surface area (Å²) >= 11 is 4.81. The molecule has 0 aliphatic carbocycles. The lowest BCUT2D eigenvalue weighted by Gasteiger charge is -2.12. The second kappa shape index (κ2) is 11.3. The first-order valence-corrected chi connectivity index (χ1v) is 12.1. The van der Waals surface area contributed by atoms with E-state index < -0.39 is 0 Å². The van der Waals surface area contributed by atoms with E-state index in [2.05, 4.69) is 36.8 Å². The lowest BCUT2D eigenvalue weighted by atomic mass is 10.1. The summed E-state index contributed by atoms with van der Waals surface area (Å²) in [6, 6.07) is 10.7. The summed E-state index contributed by atoms with van der Waals surface area (Å²) in [5.74, 6) is 1.18. The number of halogens is 1. The number of anilines is 1. The van der Waals surface area contributed by atoms with Crippen LogP contribution < -0.4 is 15.4 Å². The van der Waals surface area contributed by atoms with E-state index in [1.807, 2.05) is 37.5 Å². The highest BCUT2D eigenvalue weighted by molar-refractivity contribution is 9.10. The summed E-state index contributed by atoms with van der Waals surface area (Å²) < 4.78 is 8.01. The third-order valence-electron chi connectivity index (χ3n) is 5.20. The third kappa shape index (κ3) is 6.14. The quantitative estimate of drug-likeness (QED) is 0.398. The second-order valence-electron chi connectivity index (χ2n) is 7.24. The minimum absolute atomic E-state index is 0.121. The van der Waals surface area contributed by atoms with Crippen LogP contribution >= 0.6 is 27.7 Å². The van der Waals surface area contributed by atoms with E-state index in [1.165, 1.54) is 11.8 Å². The van der Waals surface area contributed by atoms with Crippen LogP contribution in [0.2, 0.25) is 0 Å². The molecule has 33 heavy (non-hydrogen) atoms. The van der Waals surface area contributed by atoms with E-state index in [-0.39, 0.29) is 24.1 Å². The van der Waals surface area contributed by atoms with Crippen molar-refractivity contribution in [2.24, 2.45) is 0 Å². The molecule has 0 unspecified atom stereocenters. The summed E-state index contributed by atoms with van der Waals surface area (Å²) in [6.07, 6.45) is 0. The molecule has 0 fully saturated rings. The van der Waals surface area contributed by atoms with Gasteiger partial charge in [0.05, 0.1) is 19.4 Å². The van der Waals surface area contributed by atoms with Gasteiger partial charge in [-0.2, -0.15) is 0 Å². The van der Waals surface area contributed by atoms with Crippen molar-refractivity contribution in [3.05, 3.63) is 63.4 Å². The van der Waals surface area contributed by atoms with Crippen LogP contribution in [0.3, 0.4) is 0 Å². The Bertz CT molecular complexity index is 1150. The van der Waals surface area contributed by atoms with Crippen LogP contribution in [0.4, 0.5) is 5.69 Å². The van der Waals surface area contributed by atoms with Crippen molar-refractivity contribution in [2.45, 2.75) is 39.0 Å². The van der Waals surface area contributed by atoms with Gasteiger partial charge >= 0.3 is 0 Å². The number of hydrogen-bond acceptors (Lipinski definition) is 6. The SMILES string of the molecule is CCn1c(CNC(=O)c2ccc(OC)cc2)nnc1SCC(=O)Nc1ccc(Br)c(C)c1C. The Balaban J connectivity index is 1.58. The Morgan fingerprint density at radius 3 is 2.48 bits per heavy atom. The number of amides is 2. The highest BCUT2D eigenvalue weighted by Crippen LogP contribution is 2.26. The minimum Gasteiger partial charge on any atom is -0.497 e. The van der Waals surface area contributed by atoms with E-state index in [1.54, 1.807) is 31.4 Å². The Kier molecular flexibility index (Phi) is 8.51. The van der Waals surface area contributed by atoms with E-state index in [0.29, 0.717) is 28.8 Å². The molecule has 8 nitrogen and oxygen atoms in total. The van der Waals surface area contributed by atoms with Crippen molar-refractivity contribution in [2.75, 3.05) is 18.2 Å². The molecule has 10 heteroatoms. The Hall–Kier alpha value is -2.85. The molecule has 2 amide bonds. The van der Waals surface area contributed by atoms with Crippen LogP contribution in [0.1, 0.15) is 34.2 Å². The van der Waals surface area contributed by atoms with Gasteiger partial charge in [0, 0.05) is 22.3 Å². The molecule has 0 radical (unpaired) electrons. The van der Waals surface area contributed by atoms with Crippen molar-refractivity contribution in [3.63, 3.8) is 0 Å². The maximum absolute atomic E-state index is 12.5. The number of carbonyl (C=O) groups is 2. The van der Waals surface area contributed by atoms with Crippen molar-refractivity contribution in [1.82, 2.24) is 20.1 Å². The molecule has 1 aromatic heterocycles. The first-order chi connectivity index (χ1) is 15.8. The van der Waals surface area contributed by atoms with Crippen molar-refractivity contribution < 1.29 is 14.3 Å². The molecule has 3 aromatic rings. The van der Waals surface area contributed by atoms with Crippen molar-refractivity contribution in [1.29, 1.82) is 0 Å². The van der Waals surface area contributed by atoms with Gasteiger partial charge < -0.3 is 19.9 Å². The highest BCUT2D eigenvalue weighted by atomic mass is 79.9. The standard InChI is InChI=1S/C23H26BrN5O3S/c1-5-29-20(12-25-22(31)16-6-8-17(32-4)9-7-16)27-28-23(29)33-13-21(30)26-19-11-10-18(24)14(2)15(19)3/h6-11H,5,12-13H2,1-4H3,(H,25,31)(H,26,30). The van der Waals surface area contributed by atoms with Crippen LogP contribution in [0.15, 0.2) is 46.0 Å². The molecule has 0 bridgehead atoms. The smallest absolute Gasteiger partial charge is 0.251 e. The Morgan fingerprint density at radius 1 is 1.09 bits per heavy atom. The minimum atomic E-state index is -0.211. The zero-order valence-electron chi connectivity index (χ0n) is 18.9. The molecule has 1 heterocycles. The monoisotopic (exact) mass is 531 g/mol. The number of nitrogens with one attached hydrogen (secondary N) is 2. The molecule has 0 aliphatic rings. The van der Waals surface area contributed by atoms with Crippen molar-refractivity contribution in [3.8, 4) is 5.75 Å².